The van der Waals surface area contributed by atoms with Crippen LogP contribution in [0.5, 0.6) is 0 Å². The molecule has 0 aromatic carbocycles. The van der Waals surface area contributed by atoms with E-state index in [9.17, 15) is 14.4 Å². The zero-order valence-electron chi connectivity index (χ0n) is 15.7. The third-order valence-corrected chi connectivity index (χ3v) is 5.25. The summed E-state index contributed by atoms with van der Waals surface area (Å²) in [6, 6.07) is -0.704. The van der Waals surface area contributed by atoms with Crippen LogP contribution in [-0.2, 0) is 4.79 Å². The Bertz CT molecular complexity index is 704. The summed E-state index contributed by atoms with van der Waals surface area (Å²) in [5.41, 5.74) is 10.6. The quantitative estimate of drug-likeness (QED) is 0.711. The summed E-state index contributed by atoms with van der Waals surface area (Å²) in [6.45, 7) is 7.38. The van der Waals surface area contributed by atoms with E-state index in [1.54, 1.807) is 11.8 Å². The van der Waals surface area contributed by atoms with Crippen LogP contribution in [0.1, 0.15) is 73.5 Å². The van der Waals surface area contributed by atoms with Crippen LogP contribution in [0, 0.1) is 0 Å². The van der Waals surface area contributed by atoms with Crippen LogP contribution in [-0.4, -0.2) is 44.6 Å². The second-order valence-corrected chi connectivity index (χ2v) is 8.48. The molecule has 1 aliphatic rings. The fourth-order valence-electron chi connectivity index (χ4n) is 3.19. The molecule has 8 nitrogen and oxygen atoms in total. The smallest absolute Gasteiger partial charge is 0.270 e. The topological polar surface area (TPSA) is 131 Å². The van der Waals surface area contributed by atoms with Gasteiger partial charge in [-0.05, 0) is 52.1 Å². The molecule has 26 heavy (non-hydrogen) atoms. The van der Waals surface area contributed by atoms with Crippen LogP contribution in [0.2, 0.25) is 0 Å². The lowest BCUT2D eigenvalue weighted by Crippen LogP contribution is -2.55. The molecule has 1 aliphatic carbocycles. The Morgan fingerprint density at radius 3 is 2.31 bits per heavy atom. The maximum atomic E-state index is 13.2. The maximum absolute atomic E-state index is 13.2. The molecule has 0 bridgehead atoms. The Balaban J connectivity index is 2.34. The van der Waals surface area contributed by atoms with Gasteiger partial charge in [0, 0.05) is 11.6 Å². The fraction of sp³-hybridized carbons (Fsp3) is 0.647. The van der Waals surface area contributed by atoms with Gasteiger partial charge in [-0.3, -0.25) is 14.4 Å². The van der Waals surface area contributed by atoms with Gasteiger partial charge in [-0.1, -0.05) is 12.8 Å². The van der Waals surface area contributed by atoms with E-state index >= 15 is 0 Å². The van der Waals surface area contributed by atoms with E-state index < -0.39 is 17.5 Å². The Morgan fingerprint density at radius 1 is 1.27 bits per heavy atom. The molecule has 0 radical (unpaired) electrons. The lowest BCUT2D eigenvalue weighted by molar-refractivity contribution is -0.127. The number of nitrogens with zero attached hydrogens (tertiary/aromatic N) is 2. The number of anilines is 1. The maximum Gasteiger partial charge on any atom is 0.270 e. The van der Waals surface area contributed by atoms with Gasteiger partial charge in [0.25, 0.3) is 11.8 Å². The van der Waals surface area contributed by atoms with Gasteiger partial charge in [-0.25, -0.2) is 0 Å². The first-order valence-electron chi connectivity index (χ1n) is 8.72. The Kier molecular flexibility index (Phi) is 5.90. The Labute approximate surface area is 157 Å². The molecule has 1 atom stereocenters. The number of nitrogens with two attached hydrogens (primary N) is 2. The van der Waals surface area contributed by atoms with E-state index in [2.05, 4.69) is 9.69 Å². The minimum absolute atomic E-state index is 0.0149. The van der Waals surface area contributed by atoms with Crippen molar-refractivity contribution in [3.05, 3.63) is 10.6 Å². The first kappa shape index (κ1) is 20.2. The van der Waals surface area contributed by atoms with Crippen molar-refractivity contribution in [1.82, 2.24) is 14.6 Å². The fourth-order valence-corrected chi connectivity index (χ4v) is 3.94. The van der Waals surface area contributed by atoms with Crippen LogP contribution in [0.4, 0.5) is 5.69 Å². The molecular weight excluding hydrogens is 354 g/mol. The second-order valence-electron chi connectivity index (χ2n) is 7.70. The summed E-state index contributed by atoms with van der Waals surface area (Å²) in [5, 5.41) is 2.92. The number of amides is 3. The number of carbonyl (C=O) groups excluding carboxylic acids is 3. The summed E-state index contributed by atoms with van der Waals surface area (Å²) in [6.07, 6.45) is 3.68. The van der Waals surface area contributed by atoms with Crippen LogP contribution < -0.4 is 16.8 Å². The van der Waals surface area contributed by atoms with E-state index in [0.29, 0.717) is 0 Å². The molecule has 0 unspecified atom stereocenters. The normalized spacial score (nSPS) is 16.3. The number of primary amides is 1. The first-order chi connectivity index (χ1) is 12.0. The molecule has 2 rings (SSSR count). The summed E-state index contributed by atoms with van der Waals surface area (Å²) in [7, 11) is 0. The van der Waals surface area contributed by atoms with Crippen LogP contribution in [0.25, 0.3) is 0 Å². The van der Waals surface area contributed by atoms with Gasteiger partial charge in [-0.2, -0.15) is 4.37 Å². The average Bonchev–Trinajstić information content (AvgIpc) is 3.15. The molecule has 1 heterocycles. The monoisotopic (exact) mass is 381 g/mol. The molecule has 5 N–H and O–H groups in total. The molecule has 1 aromatic heterocycles. The standard InChI is InChI=1S/C17H27N5O3S/c1-9(15(24)20-17(2,3)4)22(10-7-5-6-8-10)16(25)13-11(18)12(14(19)23)21-26-13/h9-10H,5-8,18H2,1-4H3,(H2,19,23)(H,20,24)/t9-/m0/s1. The third-order valence-electron chi connectivity index (χ3n) is 4.40. The van der Waals surface area contributed by atoms with Crippen molar-refractivity contribution < 1.29 is 14.4 Å². The van der Waals surface area contributed by atoms with Gasteiger partial charge in [0.1, 0.15) is 10.9 Å². The zero-order valence-corrected chi connectivity index (χ0v) is 16.5. The van der Waals surface area contributed by atoms with E-state index in [4.69, 9.17) is 11.5 Å². The van der Waals surface area contributed by atoms with E-state index in [1.807, 2.05) is 20.8 Å². The molecule has 1 fully saturated rings. The van der Waals surface area contributed by atoms with Gasteiger partial charge >= 0.3 is 0 Å². The number of nitrogens with one attached hydrogen (secondary N) is 1. The van der Waals surface area contributed by atoms with Crippen LogP contribution >= 0.6 is 11.5 Å². The molecule has 9 heteroatoms. The highest BCUT2D eigenvalue weighted by Crippen LogP contribution is 2.30. The van der Waals surface area contributed by atoms with E-state index in [0.717, 1.165) is 37.2 Å². The zero-order chi connectivity index (χ0) is 19.6. The lowest BCUT2D eigenvalue weighted by atomic mass is 10.1. The van der Waals surface area contributed by atoms with E-state index in [1.165, 1.54) is 0 Å². The molecule has 1 saturated carbocycles. The molecule has 0 saturated heterocycles. The SMILES string of the molecule is C[C@@H](C(=O)NC(C)(C)C)N(C(=O)c1snc(C(N)=O)c1N)C1CCCC1. The average molecular weight is 382 g/mol. The Hall–Kier alpha value is -2.16. The first-order valence-corrected chi connectivity index (χ1v) is 9.50. The summed E-state index contributed by atoms with van der Waals surface area (Å²) in [5.74, 6) is -1.38. The lowest BCUT2D eigenvalue weighted by Gasteiger charge is -2.35. The minimum atomic E-state index is -0.774. The van der Waals surface area contributed by atoms with Crippen molar-refractivity contribution in [2.24, 2.45) is 5.73 Å². The van der Waals surface area contributed by atoms with Gasteiger partial charge < -0.3 is 21.7 Å². The Morgan fingerprint density at radius 2 is 1.85 bits per heavy atom. The third kappa shape index (κ3) is 4.32. The van der Waals surface area contributed by atoms with Gasteiger partial charge in [0.05, 0.1) is 5.69 Å². The number of hydrogen-bond acceptors (Lipinski definition) is 6. The molecule has 3 amide bonds. The van der Waals surface area contributed by atoms with Crippen molar-refractivity contribution in [3.8, 4) is 0 Å². The van der Waals surface area contributed by atoms with Gasteiger partial charge in [0.15, 0.2) is 5.69 Å². The van der Waals surface area contributed by atoms with Crippen LogP contribution in [0.15, 0.2) is 0 Å². The number of carbonyl (C=O) groups is 3. The van der Waals surface area contributed by atoms with Crippen molar-refractivity contribution in [2.75, 3.05) is 5.73 Å². The molecule has 0 spiro atoms. The highest BCUT2D eigenvalue weighted by molar-refractivity contribution is 7.09. The molecular formula is C17H27N5O3S. The van der Waals surface area contributed by atoms with Crippen molar-refractivity contribution in [1.29, 1.82) is 0 Å². The van der Waals surface area contributed by atoms with Crippen molar-refractivity contribution in [2.45, 2.75) is 71.0 Å². The number of nitrogen functional groups attached to an aromatic ring is 1. The van der Waals surface area contributed by atoms with Crippen LogP contribution in [0.3, 0.4) is 0 Å². The van der Waals surface area contributed by atoms with Gasteiger partial charge in [0.2, 0.25) is 5.91 Å². The highest BCUT2D eigenvalue weighted by atomic mass is 32.1. The second kappa shape index (κ2) is 7.61. The van der Waals surface area contributed by atoms with Gasteiger partial charge in [-0.15, -0.1) is 0 Å². The molecule has 1 aromatic rings. The summed E-state index contributed by atoms with van der Waals surface area (Å²) in [4.78, 5) is 39.0. The molecule has 144 valence electrons. The van der Waals surface area contributed by atoms with Crippen molar-refractivity contribution >= 4 is 34.9 Å². The molecule has 0 aliphatic heterocycles. The summed E-state index contributed by atoms with van der Waals surface area (Å²) >= 11 is 0.843. The predicted octanol–water partition coefficient (Wildman–Crippen LogP) is 1.51. The highest BCUT2D eigenvalue weighted by Gasteiger charge is 2.37. The minimum Gasteiger partial charge on any atom is -0.395 e. The largest absolute Gasteiger partial charge is 0.395 e. The predicted molar refractivity (Wildman–Crippen MR) is 101 cm³/mol. The van der Waals surface area contributed by atoms with E-state index in [-0.39, 0.29) is 34.1 Å². The number of hydrogen-bond donors (Lipinski definition) is 3. The van der Waals surface area contributed by atoms with Crippen molar-refractivity contribution in [3.63, 3.8) is 0 Å². The number of rotatable bonds is 5. The summed E-state index contributed by atoms with van der Waals surface area (Å²) < 4.78 is 3.90. The number of aromatic nitrogens is 1.